The highest BCUT2D eigenvalue weighted by molar-refractivity contribution is 5.78. The van der Waals surface area contributed by atoms with Crippen LogP contribution in [0.5, 0.6) is 0 Å². The summed E-state index contributed by atoms with van der Waals surface area (Å²) in [6.07, 6.45) is 0. The third-order valence-electron chi connectivity index (χ3n) is 0.971. The Labute approximate surface area is 72.3 Å². The molecule has 0 spiro atoms. The van der Waals surface area contributed by atoms with Crippen molar-refractivity contribution in [2.45, 2.75) is 34.6 Å². The molecule has 2 nitrogen and oxygen atoms in total. The Hall–Kier alpha value is -0.530. The second-order valence-corrected chi connectivity index (χ2v) is 1.67. The SMILES string of the molecule is CC.CC.CN=C(C)N(C)C. The number of aliphatic imine (C=N–C) groups is 1. The summed E-state index contributed by atoms with van der Waals surface area (Å²) in [7, 11) is 5.74. The Morgan fingerprint density at radius 2 is 1.27 bits per heavy atom. The minimum Gasteiger partial charge on any atom is -0.367 e. The molecule has 0 rings (SSSR count). The molecule has 0 aliphatic carbocycles. The third kappa shape index (κ3) is 17.7. The number of amidine groups is 1. The fraction of sp³-hybridized carbons (Fsp3) is 0.889. The molecular formula is C9H24N2. The summed E-state index contributed by atoms with van der Waals surface area (Å²) in [5, 5.41) is 0. The van der Waals surface area contributed by atoms with Crippen LogP contribution in [-0.2, 0) is 0 Å². The van der Waals surface area contributed by atoms with Gasteiger partial charge in [0.25, 0.3) is 0 Å². The maximum absolute atomic E-state index is 3.93. The van der Waals surface area contributed by atoms with Crippen molar-refractivity contribution in [3.8, 4) is 0 Å². The second-order valence-electron chi connectivity index (χ2n) is 1.67. The van der Waals surface area contributed by atoms with Crippen molar-refractivity contribution in [2.75, 3.05) is 21.1 Å². The van der Waals surface area contributed by atoms with Gasteiger partial charge in [-0.05, 0) is 6.92 Å². The van der Waals surface area contributed by atoms with Crippen molar-refractivity contribution < 1.29 is 0 Å². The monoisotopic (exact) mass is 160 g/mol. The Morgan fingerprint density at radius 3 is 1.27 bits per heavy atom. The van der Waals surface area contributed by atoms with Gasteiger partial charge in [-0.2, -0.15) is 0 Å². The van der Waals surface area contributed by atoms with Gasteiger partial charge in [0.2, 0.25) is 0 Å². The number of rotatable bonds is 0. The van der Waals surface area contributed by atoms with Crippen LogP contribution in [0.2, 0.25) is 0 Å². The first-order chi connectivity index (χ1) is 5.18. The molecule has 0 heterocycles. The zero-order chi connectivity index (χ0) is 9.86. The molecule has 0 bridgehead atoms. The van der Waals surface area contributed by atoms with Gasteiger partial charge in [-0.15, -0.1) is 0 Å². The van der Waals surface area contributed by atoms with E-state index in [0.717, 1.165) is 5.84 Å². The van der Waals surface area contributed by atoms with E-state index in [4.69, 9.17) is 0 Å². The average Bonchev–Trinajstić information content (AvgIpc) is 2.10. The summed E-state index contributed by atoms with van der Waals surface area (Å²) in [6.45, 7) is 9.97. The van der Waals surface area contributed by atoms with Gasteiger partial charge < -0.3 is 4.90 Å². The molecule has 0 fully saturated rings. The fourth-order valence-electron chi connectivity index (χ4n) is 0.200. The van der Waals surface area contributed by atoms with E-state index in [2.05, 4.69) is 4.99 Å². The first kappa shape index (κ1) is 16.8. The van der Waals surface area contributed by atoms with E-state index in [0.29, 0.717) is 0 Å². The Morgan fingerprint density at radius 1 is 1.00 bits per heavy atom. The molecule has 0 radical (unpaired) electrons. The zero-order valence-electron chi connectivity index (χ0n) is 9.39. The van der Waals surface area contributed by atoms with Gasteiger partial charge in [0.1, 0.15) is 0 Å². The van der Waals surface area contributed by atoms with Crippen LogP contribution < -0.4 is 0 Å². The van der Waals surface area contributed by atoms with Crippen LogP contribution in [0.1, 0.15) is 34.6 Å². The standard InChI is InChI=1S/C5H12N2.2C2H6/c1-5(6-2)7(3)4;2*1-2/h1-4H3;2*1-2H3. The topological polar surface area (TPSA) is 15.6 Å². The van der Waals surface area contributed by atoms with Crippen LogP contribution in [0.25, 0.3) is 0 Å². The van der Waals surface area contributed by atoms with Crippen molar-refractivity contribution in [1.82, 2.24) is 4.90 Å². The minimum atomic E-state index is 1.06. The van der Waals surface area contributed by atoms with Crippen LogP contribution in [0.4, 0.5) is 0 Å². The highest BCUT2D eigenvalue weighted by Gasteiger charge is 1.85. The Kier molecular flexibility index (Phi) is 24.8. The van der Waals surface area contributed by atoms with E-state index in [1.807, 2.05) is 53.6 Å². The van der Waals surface area contributed by atoms with E-state index >= 15 is 0 Å². The molecule has 0 amide bonds. The van der Waals surface area contributed by atoms with Crippen molar-refractivity contribution in [3.63, 3.8) is 0 Å². The molecule has 0 N–H and O–H groups in total. The van der Waals surface area contributed by atoms with E-state index in [-0.39, 0.29) is 0 Å². The summed E-state index contributed by atoms with van der Waals surface area (Å²) in [5.41, 5.74) is 0. The molecule has 0 atom stereocenters. The highest BCUT2D eigenvalue weighted by atomic mass is 15.1. The number of hydrogen-bond donors (Lipinski definition) is 0. The van der Waals surface area contributed by atoms with Crippen molar-refractivity contribution >= 4 is 5.84 Å². The van der Waals surface area contributed by atoms with E-state index < -0.39 is 0 Å². The molecule has 2 heteroatoms. The van der Waals surface area contributed by atoms with Crippen LogP contribution in [0, 0.1) is 0 Å². The van der Waals surface area contributed by atoms with Crippen LogP contribution in [0.3, 0.4) is 0 Å². The second kappa shape index (κ2) is 16.2. The maximum atomic E-state index is 3.93. The molecule has 0 aliphatic heterocycles. The molecular weight excluding hydrogens is 136 g/mol. The van der Waals surface area contributed by atoms with Gasteiger partial charge in [0, 0.05) is 21.1 Å². The lowest BCUT2D eigenvalue weighted by Gasteiger charge is -2.08. The van der Waals surface area contributed by atoms with E-state index in [1.54, 1.807) is 7.05 Å². The lowest BCUT2D eigenvalue weighted by molar-refractivity contribution is 0.617. The first-order valence-corrected chi connectivity index (χ1v) is 4.29. The average molecular weight is 160 g/mol. The molecule has 0 saturated carbocycles. The van der Waals surface area contributed by atoms with Crippen molar-refractivity contribution in [1.29, 1.82) is 0 Å². The molecule has 0 aromatic rings. The largest absolute Gasteiger partial charge is 0.367 e. The van der Waals surface area contributed by atoms with Gasteiger partial charge in [-0.1, -0.05) is 27.7 Å². The molecule has 0 aliphatic rings. The smallest absolute Gasteiger partial charge is 0.0948 e. The Balaban J connectivity index is -0.000000138. The molecule has 0 unspecified atom stereocenters. The van der Waals surface area contributed by atoms with Crippen LogP contribution in [0.15, 0.2) is 4.99 Å². The Bertz CT molecular complexity index is 75.6. The predicted octanol–water partition coefficient (Wildman–Crippen LogP) is 2.65. The molecule has 0 aromatic carbocycles. The number of nitrogens with zero attached hydrogens (tertiary/aromatic N) is 2. The summed E-state index contributed by atoms with van der Waals surface area (Å²) in [6, 6.07) is 0. The lowest BCUT2D eigenvalue weighted by Crippen LogP contribution is -2.17. The van der Waals surface area contributed by atoms with Crippen molar-refractivity contribution in [3.05, 3.63) is 0 Å². The van der Waals surface area contributed by atoms with Crippen molar-refractivity contribution in [2.24, 2.45) is 4.99 Å². The highest BCUT2D eigenvalue weighted by Crippen LogP contribution is 1.76. The van der Waals surface area contributed by atoms with Gasteiger partial charge in [0.15, 0.2) is 0 Å². The van der Waals surface area contributed by atoms with Gasteiger partial charge in [0.05, 0.1) is 5.84 Å². The summed E-state index contributed by atoms with van der Waals surface area (Å²) in [4.78, 5) is 5.90. The van der Waals surface area contributed by atoms with E-state index in [1.165, 1.54) is 0 Å². The van der Waals surface area contributed by atoms with E-state index in [9.17, 15) is 0 Å². The third-order valence-corrected chi connectivity index (χ3v) is 0.971. The summed E-state index contributed by atoms with van der Waals surface area (Å²) in [5.74, 6) is 1.06. The molecule has 0 aromatic heterocycles. The minimum absolute atomic E-state index is 1.06. The van der Waals surface area contributed by atoms with Gasteiger partial charge in [-0.3, -0.25) is 4.99 Å². The fourth-order valence-corrected chi connectivity index (χ4v) is 0.200. The molecule has 11 heavy (non-hydrogen) atoms. The van der Waals surface area contributed by atoms with Crippen LogP contribution in [-0.4, -0.2) is 31.9 Å². The van der Waals surface area contributed by atoms with Gasteiger partial charge in [-0.25, -0.2) is 0 Å². The zero-order valence-corrected chi connectivity index (χ0v) is 9.39. The quantitative estimate of drug-likeness (QED) is 0.393. The van der Waals surface area contributed by atoms with Gasteiger partial charge >= 0.3 is 0 Å². The predicted molar refractivity (Wildman–Crippen MR) is 55.4 cm³/mol. The molecule has 0 saturated heterocycles. The maximum Gasteiger partial charge on any atom is 0.0948 e. The first-order valence-electron chi connectivity index (χ1n) is 4.29. The lowest BCUT2D eigenvalue weighted by atomic mass is 10.6. The number of hydrogen-bond acceptors (Lipinski definition) is 1. The molecule has 70 valence electrons. The summed E-state index contributed by atoms with van der Waals surface area (Å²) >= 11 is 0. The summed E-state index contributed by atoms with van der Waals surface area (Å²) < 4.78 is 0. The normalized spacial score (nSPS) is 8.55. The van der Waals surface area contributed by atoms with Crippen LogP contribution >= 0.6 is 0 Å².